The molecule has 0 aromatic rings. The lowest BCUT2D eigenvalue weighted by Gasteiger charge is -2.24. The molecular weight excluding hydrogens is 194 g/mol. The first-order valence-corrected chi connectivity index (χ1v) is 5.72. The summed E-state index contributed by atoms with van der Waals surface area (Å²) in [6.45, 7) is 0. The molecule has 4 heteroatoms. The van der Waals surface area contributed by atoms with Crippen LogP contribution in [-0.2, 0) is 9.53 Å². The number of carbonyl (C=O) groups excluding carboxylic acids is 2. The third-order valence-corrected chi connectivity index (χ3v) is 3.39. The zero-order valence-electron chi connectivity index (χ0n) is 8.78. The average Bonchev–Trinajstić information content (AvgIpc) is 2.60. The maximum Gasteiger partial charge on any atom is 0.408 e. The SMILES string of the molecule is O=CC1OC(=O)NC1CC1CCCCC1. The molecule has 2 aliphatic rings. The van der Waals surface area contributed by atoms with Gasteiger partial charge in [0.1, 0.15) is 0 Å². The number of hydrogen-bond acceptors (Lipinski definition) is 3. The summed E-state index contributed by atoms with van der Waals surface area (Å²) in [7, 11) is 0. The van der Waals surface area contributed by atoms with Crippen LogP contribution >= 0.6 is 0 Å². The highest BCUT2D eigenvalue weighted by molar-refractivity contribution is 5.76. The zero-order valence-corrected chi connectivity index (χ0v) is 8.78. The van der Waals surface area contributed by atoms with E-state index in [1.165, 1.54) is 32.1 Å². The van der Waals surface area contributed by atoms with Crippen LogP contribution in [0.15, 0.2) is 0 Å². The molecule has 0 aromatic heterocycles. The molecule has 0 bridgehead atoms. The Kier molecular flexibility index (Phi) is 3.23. The molecular formula is C11H17NO3. The van der Waals surface area contributed by atoms with Gasteiger partial charge in [-0.2, -0.15) is 0 Å². The molecule has 2 rings (SSSR count). The third kappa shape index (κ3) is 2.49. The van der Waals surface area contributed by atoms with Crippen LogP contribution in [0.2, 0.25) is 0 Å². The van der Waals surface area contributed by atoms with Crippen LogP contribution in [0.3, 0.4) is 0 Å². The fourth-order valence-corrected chi connectivity index (χ4v) is 2.57. The van der Waals surface area contributed by atoms with E-state index in [-0.39, 0.29) is 6.04 Å². The topological polar surface area (TPSA) is 55.4 Å². The van der Waals surface area contributed by atoms with Crippen molar-refractivity contribution in [3.63, 3.8) is 0 Å². The minimum absolute atomic E-state index is 0.0990. The molecule has 1 aliphatic heterocycles. The standard InChI is InChI=1S/C11H17NO3/c13-7-10-9(12-11(14)15-10)6-8-4-2-1-3-5-8/h7-10H,1-6H2,(H,12,14). The summed E-state index contributed by atoms with van der Waals surface area (Å²) in [5.74, 6) is 0.646. The summed E-state index contributed by atoms with van der Waals surface area (Å²) < 4.78 is 4.85. The first-order valence-electron chi connectivity index (χ1n) is 5.72. The molecule has 0 spiro atoms. The Hall–Kier alpha value is -1.06. The highest BCUT2D eigenvalue weighted by Gasteiger charge is 2.35. The largest absolute Gasteiger partial charge is 0.436 e. The lowest BCUT2D eigenvalue weighted by atomic mass is 9.84. The van der Waals surface area contributed by atoms with Gasteiger partial charge in [-0.1, -0.05) is 32.1 Å². The number of rotatable bonds is 3. The Morgan fingerprint density at radius 1 is 1.33 bits per heavy atom. The van der Waals surface area contributed by atoms with E-state index in [2.05, 4.69) is 5.32 Å². The first-order chi connectivity index (χ1) is 7.29. The molecule has 84 valence electrons. The fourth-order valence-electron chi connectivity index (χ4n) is 2.57. The van der Waals surface area contributed by atoms with Crippen molar-refractivity contribution in [3.8, 4) is 0 Å². The van der Waals surface area contributed by atoms with Gasteiger partial charge in [0.15, 0.2) is 12.4 Å². The fraction of sp³-hybridized carbons (Fsp3) is 0.818. The smallest absolute Gasteiger partial charge is 0.408 e. The van der Waals surface area contributed by atoms with Crippen molar-refractivity contribution in [1.82, 2.24) is 5.32 Å². The Morgan fingerprint density at radius 2 is 2.07 bits per heavy atom. The van der Waals surface area contributed by atoms with Gasteiger partial charge in [0.2, 0.25) is 0 Å². The summed E-state index contributed by atoms with van der Waals surface area (Å²) in [5.41, 5.74) is 0. The summed E-state index contributed by atoms with van der Waals surface area (Å²) >= 11 is 0. The summed E-state index contributed by atoms with van der Waals surface area (Å²) in [5, 5.41) is 2.71. The van der Waals surface area contributed by atoms with E-state index >= 15 is 0 Å². The van der Waals surface area contributed by atoms with Crippen LogP contribution in [0.1, 0.15) is 38.5 Å². The second-order valence-electron chi connectivity index (χ2n) is 4.50. The van der Waals surface area contributed by atoms with Crippen molar-refractivity contribution >= 4 is 12.4 Å². The van der Waals surface area contributed by atoms with Crippen LogP contribution in [0.4, 0.5) is 4.79 Å². The maximum absolute atomic E-state index is 11.0. The normalized spacial score (nSPS) is 32.1. The molecule has 2 unspecified atom stereocenters. The predicted molar refractivity (Wildman–Crippen MR) is 54.4 cm³/mol. The van der Waals surface area contributed by atoms with Crippen molar-refractivity contribution in [2.24, 2.45) is 5.92 Å². The maximum atomic E-state index is 11.0. The number of hydrogen-bond donors (Lipinski definition) is 1. The van der Waals surface area contributed by atoms with Crippen LogP contribution in [0.5, 0.6) is 0 Å². The number of cyclic esters (lactones) is 1. The van der Waals surface area contributed by atoms with Gasteiger partial charge in [-0.05, 0) is 12.3 Å². The Bertz CT molecular complexity index is 248. The van der Waals surface area contributed by atoms with Crippen LogP contribution in [-0.4, -0.2) is 24.5 Å². The van der Waals surface area contributed by atoms with E-state index in [9.17, 15) is 9.59 Å². The highest BCUT2D eigenvalue weighted by atomic mass is 16.6. The molecule has 2 atom stereocenters. The summed E-state index contributed by atoms with van der Waals surface area (Å²) in [4.78, 5) is 21.7. The second-order valence-corrected chi connectivity index (χ2v) is 4.50. The molecule has 0 radical (unpaired) electrons. The summed E-state index contributed by atoms with van der Waals surface area (Å²) in [6, 6.07) is -0.0990. The molecule has 1 heterocycles. The van der Waals surface area contributed by atoms with Gasteiger partial charge < -0.3 is 10.1 Å². The number of ether oxygens (including phenoxy) is 1. The third-order valence-electron chi connectivity index (χ3n) is 3.39. The van der Waals surface area contributed by atoms with Crippen molar-refractivity contribution in [3.05, 3.63) is 0 Å². The van der Waals surface area contributed by atoms with E-state index in [1.54, 1.807) is 0 Å². The number of alkyl carbamates (subject to hydrolysis) is 1. The quantitative estimate of drug-likeness (QED) is 0.722. The van der Waals surface area contributed by atoms with Gasteiger partial charge in [0, 0.05) is 0 Å². The summed E-state index contributed by atoms with van der Waals surface area (Å²) in [6.07, 6.45) is 6.90. The van der Waals surface area contributed by atoms with Gasteiger partial charge in [-0.15, -0.1) is 0 Å². The van der Waals surface area contributed by atoms with Gasteiger partial charge in [0.25, 0.3) is 0 Å². The Labute approximate surface area is 89.4 Å². The van der Waals surface area contributed by atoms with Gasteiger partial charge in [0.05, 0.1) is 6.04 Å². The van der Waals surface area contributed by atoms with Gasteiger partial charge >= 0.3 is 6.09 Å². The second kappa shape index (κ2) is 4.64. The Morgan fingerprint density at radius 3 is 2.73 bits per heavy atom. The van der Waals surface area contributed by atoms with Crippen molar-refractivity contribution in [2.45, 2.75) is 50.7 Å². The molecule has 1 aliphatic carbocycles. The lowest BCUT2D eigenvalue weighted by molar-refractivity contribution is -0.114. The van der Waals surface area contributed by atoms with Crippen LogP contribution in [0, 0.1) is 5.92 Å². The minimum Gasteiger partial charge on any atom is -0.436 e. The number of carbonyl (C=O) groups is 2. The van der Waals surface area contributed by atoms with E-state index < -0.39 is 12.2 Å². The molecule has 15 heavy (non-hydrogen) atoms. The molecule has 2 fully saturated rings. The molecule has 1 saturated heterocycles. The van der Waals surface area contributed by atoms with Gasteiger partial charge in [-0.25, -0.2) is 4.79 Å². The van der Waals surface area contributed by atoms with Crippen molar-refractivity contribution < 1.29 is 14.3 Å². The Balaban J connectivity index is 1.86. The number of amides is 1. The zero-order chi connectivity index (χ0) is 10.7. The molecule has 1 N–H and O–H groups in total. The van der Waals surface area contributed by atoms with Gasteiger partial charge in [-0.3, -0.25) is 4.79 Å². The molecule has 1 amide bonds. The monoisotopic (exact) mass is 211 g/mol. The highest BCUT2D eigenvalue weighted by Crippen LogP contribution is 2.29. The minimum atomic E-state index is -0.570. The lowest BCUT2D eigenvalue weighted by Crippen LogP contribution is -2.34. The van der Waals surface area contributed by atoms with Crippen LogP contribution in [0.25, 0.3) is 0 Å². The van der Waals surface area contributed by atoms with Crippen LogP contribution < -0.4 is 5.32 Å². The van der Waals surface area contributed by atoms with E-state index in [1.807, 2.05) is 0 Å². The van der Waals surface area contributed by atoms with E-state index in [0.717, 1.165) is 12.7 Å². The van der Waals surface area contributed by atoms with E-state index in [0.29, 0.717) is 5.92 Å². The molecule has 4 nitrogen and oxygen atoms in total. The van der Waals surface area contributed by atoms with E-state index in [4.69, 9.17) is 4.74 Å². The number of aldehydes is 1. The molecule has 0 aromatic carbocycles. The molecule has 1 saturated carbocycles. The van der Waals surface area contributed by atoms with Crippen molar-refractivity contribution in [2.75, 3.05) is 0 Å². The first kappa shape index (κ1) is 10.5. The number of nitrogens with one attached hydrogen (secondary N) is 1. The average molecular weight is 211 g/mol. The van der Waals surface area contributed by atoms with Crippen molar-refractivity contribution in [1.29, 1.82) is 0 Å². The predicted octanol–water partition coefficient (Wildman–Crippen LogP) is 1.63.